The Morgan fingerprint density at radius 1 is 0.818 bits per heavy atom. The lowest BCUT2D eigenvalue weighted by Crippen LogP contribution is -2.39. The predicted molar refractivity (Wildman–Crippen MR) is 125 cm³/mol. The smallest absolute Gasteiger partial charge is 0.126 e. The van der Waals surface area contributed by atoms with Crippen LogP contribution in [0.15, 0.2) is 12.4 Å². The highest BCUT2D eigenvalue weighted by Crippen LogP contribution is 2.21. The Morgan fingerprint density at radius 3 is 2.03 bits per heavy atom. The van der Waals surface area contributed by atoms with Crippen molar-refractivity contribution in [3.63, 3.8) is 0 Å². The molecule has 1 aromatic rings. The third kappa shape index (κ3) is 11.7. The fourth-order valence-electron chi connectivity index (χ4n) is 3.12. The summed E-state index contributed by atoms with van der Waals surface area (Å²) < 4.78 is 16.8. The topological polar surface area (TPSA) is 134 Å². The van der Waals surface area contributed by atoms with E-state index in [-0.39, 0.29) is 25.3 Å². The van der Waals surface area contributed by atoms with Crippen molar-refractivity contribution in [3.05, 3.63) is 23.8 Å². The summed E-state index contributed by atoms with van der Waals surface area (Å²) in [4.78, 5) is 8.56. The summed E-state index contributed by atoms with van der Waals surface area (Å²) in [5.74, 6) is 0. The van der Waals surface area contributed by atoms with Crippen molar-refractivity contribution in [3.8, 4) is 0 Å². The highest BCUT2D eigenvalue weighted by atomic mass is 16.5. The van der Waals surface area contributed by atoms with Crippen molar-refractivity contribution in [2.45, 2.75) is 96.2 Å². The highest BCUT2D eigenvalue weighted by Gasteiger charge is 2.30. The molecule has 4 N–H and O–H groups in total. The number of nitrogens with zero attached hydrogens (tertiary/aromatic N) is 2. The molecule has 0 bridgehead atoms. The van der Waals surface area contributed by atoms with Gasteiger partial charge in [0.1, 0.15) is 24.4 Å². The lowest BCUT2D eigenvalue weighted by atomic mass is 10.0. The van der Waals surface area contributed by atoms with Gasteiger partial charge >= 0.3 is 0 Å². The van der Waals surface area contributed by atoms with Crippen LogP contribution in [0.4, 0.5) is 0 Å². The van der Waals surface area contributed by atoms with Crippen molar-refractivity contribution in [1.29, 1.82) is 0 Å². The Balaban J connectivity index is 2.75. The number of rotatable bonds is 20. The maximum Gasteiger partial charge on any atom is 0.126 e. The fourth-order valence-corrected chi connectivity index (χ4v) is 3.12. The minimum Gasteiger partial charge on any atom is -0.394 e. The van der Waals surface area contributed by atoms with E-state index in [2.05, 4.69) is 16.9 Å². The van der Waals surface area contributed by atoms with Gasteiger partial charge in [-0.05, 0) is 19.3 Å². The fraction of sp³-hybridized carbons (Fsp3) is 0.833. The average molecular weight is 473 g/mol. The van der Waals surface area contributed by atoms with Crippen LogP contribution in [-0.4, -0.2) is 87.8 Å². The molecule has 0 fully saturated rings. The summed E-state index contributed by atoms with van der Waals surface area (Å²) >= 11 is 0. The monoisotopic (exact) mass is 472 g/mol. The van der Waals surface area contributed by atoms with Gasteiger partial charge in [-0.2, -0.15) is 0 Å². The van der Waals surface area contributed by atoms with Gasteiger partial charge in [0.25, 0.3) is 0 Å². The molecule has 1 aromatic heterocycles. The highest BCUT2D eigenvalue weighted by molar-refractivity contribution is 5.08. The molecule has 0 aliphatic carbocycles. The first-order chi connectivity index (χ1) is 16.0. The average Bonchev–Trinajstić information content (AvgIpc) is 2.82. The molecule has 192 valence electrons. The van der Waals surface area contributed by atoms with Gasteiger partial charge in [-0.1, -0.05) is 40.0 Å². The van der Waals surface area contributed by atoms with Crippen molar-refractivity contribution in [2.24, 2.45) is 0 Å². The minimum absolute atomic E-state index is 0.0616. The molecule has 9 heteroatoms. The second-order valence-corrected chi connectivity index (χ2v) is 8.28. The molecular weight excluding hydrogens is 428 g/mol. The molecule has 0 radical (unpaired) electrons. The van der Waals surface area contributed by atoms with E-state index in [1.165, 1.54) is 12.4 Å². The number of unbranched alkanes of at least 4 members (excludes halogenated alkanes) is 3. The van der Waals surface area contributed by atoms with Crippen LogP contribution in [-0.2, 0) is 20.6 Å². The van der Waals surface area contributed by atoms with Crippen LogP contribution in [0.1, 0.15) is 76.8 Å². The van der Waals surface area contributed by atoms with Crippen LogP contribution >= 0.6 is 0 Å². The molecule has 1 rings (SSSR count). The third-order valence-corrected chi connectivity index (χ3v) is 5.31. The summed E-state index contributed by atoms with van der Waals surface area (Å²) in [7, 11) is 0. The van der Waals surface area contributed by atoms with Crippen LogP contribution in [0.3, 0.4) is 0 Å². The van der Waals surface area contributed by atoms with E-state index in [9.17, 15) is 20.4 Å². The Labute approximate surface area is 198 Å². The zero-order valence-corrected chi connectivity index (χ0v) is 20.4. The molecule has 0 aliphatic heterocycles. The third-order valence-electron chi connectivity index (χ3n) is 5.31. The van der Waals surface area contributed by atoms with Crippen molar-refractivity contribution < 1.29 is 34.6 Å². The van der Waals surface area contributed by atoms with E-state index >= 15 is 0 Å². The van der Waals surface area contributed by atoms with Gasteiger partial charge in [-0.15, -0.1) is 0 Å². The van der Waals surface area contributed by atoms with Gasteiger partial charge in [0.15, 0.2) is 0 Å². The Hall–Kier alpha value is -1.20. The zero-order chi connectivity index (χ0) is 24.5. The van der Waals surface area contributed by atoms with Gasteiger partial charge < -0.3 is 34.6 Å². The predicted octanol–water partition coefficient (Wildman–Crippen LogP) is 1.95. The molecular formula is C24H44N2O7. The molecule has 0 spiro atoms. The van der Waals surface area contributed by atoms with Crippen LogP contribution in [0, 0.1) is 0 Å². The van der Waals surface area contributed by atoms with E-state index in [0.717, 1.165) is 38.5 Å². The lowest BCUT2D eigenvalue weighted by Gasteiger charge is -2.27. The van der Waals surface area contributed by atoms with E-state index in [0.29, 0.717) is 25.5 Å². The van der Waals surface area contributed by atoms with Crippen LogP contribution in [0.5, 0.6) is 0 Å². The quantitative estimate of drug-likeness (QED) is 0.210. The van der Waals surface area contributed by atoms with E-state index < -0.39 is 30.5 Å². The van der Waals surface area contributed by atoms with E-state index in [1.54, 1.807) is 0 Å². The molecule has 0 aliphatic rings. The van der Waals surface area contributed by atoms with Crippen molar-refractivity contribution >= 4 is 0 Å². The second kappa shape index (κ2) is 18.2. The first-order valence-corrected chi connectivity index (χ1v) is 12.2. The molecule has 0 aromatic carbocycles. The van der Waals surface area contributed by atoms with E-state index in [1.807, 2.05) is 13.8 Å². The number of aliphatic hydroxyl groups is 4. The first kappa shape index (κ1) is 29.8. The Bertz CT molecular complexity index is 591. The molecule has 5 atom stereocenters. The summed E-state index contributed by atoms with van der Waals surface area (Å²) in [6.45, 7) is 7.33. The van der Waals surface area contributed by atoms with E-state index in [4.69, 9.17) is 14.2 Å². The Morgan fingerprint density at radius 2 is 1.45 bits per heavy atom. The zero-order valence-electron chi connectivity index (χ0n) is 20.4. The molecule has 0 saturated carbocycles. The first-order valence-electron chi connectivity index (χ1n) is 12.2. The van der Waals surface area contributed by atoms with Crippen molar-refractivity contribution in [2.75, 3.05) is 33.0 Å². The number of hydrogen-bond acceptors (Lipinski definition) is 9. The molecule has 9 nitrogen and oxygen atoms in total. The minimum atomic E-state index is -1.18. The van der Waals surface area contributed by atoms with Crippen molar-refractivity contribution in [1.82, 2.24) is 9.97 Å². The largest absolute Gasteiger partial charge is 0.394 e. The van der Waals surface area contributed by atoms with Gasteiger partial charge in [0.2, 0.25) is 0 Å². The summed E-state index contributed by atoms with van der Waals surface area (Å²) in [6.07, 6.45) is 3.79. The van der Waals surface area contributed by atoms with Crippen LogP contribution in [0.2, 0.25) is 0 Å². The SMILES string of the molecule is CCCCOC[C@H](O)[C@@H](OCCCC)C(O)c1cnc(C[C@H](O)[C@H](CO)OCCCC)cn1. The molecule has 33 heavy (non-hydrogen) atoms. The normalized spacial score (nSPS) is 16.3. The van der Waals surface area contributed by atoms with Gasteiger partial charge in [0, 0.05) is 32.4 Å². The molecule has 0 amide bonds. The number of aromatic nitrogens is 2. The van der Waals surface area contributed by atoms with Gasteiger partial charge in [-0.3, -0.25) is 9.97 Å². The summed E-state index contributed by atoms with van der Waals surface area (Å²) in [5, 5.41) is 41.2. The molecule has 1 unspecified atom stereocenters. The Kier molecular flexibility index (Phi) is 16.4. The van der Waals surface area contributed by atoms with Crippen LogP contribution in [0.25, 0.3) is 0 Å². The maximum absolute atomic E-state index is 10.8. The summed E-state index contributed by atoms with van der Waals surface area (Å²) in [6, 6.07) is 0. The standard InChI is InChI=1S/C24H44N2O7/c1-4-7-10-31-17-21(29)24(33-12-9-6-3)23(30)19-15-25-18(14-26-19)13-20(28)22(16-27)32-11-8-5-2/h14-15,20-24,27-30H,4-13,16-17H2,1-3H3/t20-,21-,22-,23?,24+/m0/s1. The molecule has 1 heterocycles. The number of aliphatic hydroxyl groups excluding tert-OH is 4. The summed E-state index contributed by atoms with van der Waals surface area (Å²) in [5.41, 5.74) is 0.767. The van der Waals surface area contributed by atoms with Gasteiger partial charge in [0.05, 0.1) is 36.9 Å². The maximum atomic E-state index is 10.8. The van der Waals surface area contributed by atoms with Crippen LogP contribution < -0.4 is 0 Å². The number of hydrogen-bond donors (Lipinski definition) is 4. The van der Waals surface area contributed by atoms with Gasteiger partial charge in [-0.25, -0.2) is 0 Å². The number of ether oxygens (including phenoxy) is 3. The second-order valence-electron chi connectivity index (χ2n) is 8.28. The lowest BCUT2D eigenvalue weighted by molar-refractivity contribution is -0.123. The molecule has 0 saturated heterocycles.